The number of aromatic amines is 1. The van der Waals surface area contributed by atoms with Crippen molar-refractivity contribution >= 4 is 24.6 Å². The van der Waals surface area contributed by atoms with E-state index in [9.17, 15) is 29.6 Å². The highest BCUT2D eigenvalue weighted by molar-refractivity contribution is 7.54. The molecule has 0 saturated carbocycles. The number of H-pyrrole nitrogens is 1. The van der Waals surface area contributed by atoms with Crippen LogP contribution in [0.3, 0.4) is 0 Å². The summed E-state index contributed by atoms with van der Waals surface area (Å²) >= 11 is 0. The molecule has 1 aliphatic rings. The molecule has 0 amide bonds. The standard InChI is InChI=1S/C20H33N4O8P/c1-5-19(4,32-33(29,30)20(28,6-2)7-3)10-12-13(25)14(26)17(31-12)24-9-8-11-15(24)22-18(21)23-16(11)27/h8-9,12-14,17,25-26,28H,5-7,10H2,1-4H3,(H,29,30)(H3,21,22,23,27)/t12-,13-,14-,17?,19?/m1/s1. The molecule has 6 atom stereocenters. The summed E-state index contributed by atoms with van der Waals surface area (Å²) in [6, 6.07) is 1.49. The van der Waals surface area contributed by atoms with Crippen molar-refractivity contribution in [2.24, 2.45) is 0 Å². The van der Waals surface area contributed by atoms with Gasteiger partial charge in [0.25, 0.3) is 5.56 Å². The van der Waals surface area contributed by atoms with Gasteiger partial charge >= 0.3 is 7.60 Å². The summed E-state index contributed by atoms with van der Waals surface area (Å²) in [5, 5.41) is 30.3. The first-order valence-corrected chi connectivity index (χ1v) is 12.5. The second-order valence-electron chi connectivity index (χ2n) is 8.77. The average Bonchev–Trinajstić information content (AvgIpc) is 3.28. The number of hydrogen-bond donors (Lipinski definition) is 6. The van der Waals surface area contributed by atoms with Gasteiger partial charge in [0.2, 0.25) is 5.95 Å². The Morgan fingerprint density at radius 2 is 1.91 bits per heavy atom. The number of nitrogen functional groups attached to an aromatic ring is 1. The highest BCUT2D eigenvalue weighted by atomic mass is 31.2. The van der Waals surface area contributed by atoms with Crippen LogP contribution >= 0.6 is 7.60 Å². The molecule has 1 aliphatic heterocycles. The third-order valence-electron chi connectivity index (χ3n) is 6.59. The van der Waals surface area contributed by atoms with Crippen LogP contribution < -0.4 is 11.3 Å². The molecule has 3 rings (SSSR count). The fraction of sp³-hybridized carbons (Fsp3) is 0.700. The van der Waals surface area contributed by atoms with E-state index in [0.29, 0.717) is 0 Å². The molecule has 0 aromatic carbocycles. The number of ether oxygens (including phenoxy) is 1. The smallest absolute Gasteiger partial charge is 0.359 e. The zero-order chi connectivity index (χ0) is 24.8. The Kier molecular flexibility index (Phi) is 7.12. The predicted octanol–water partition coefficient (Wildman–Crippen LogP) is 1.20. The fourth-order valence-corrected chi connectivity index (χ4v) is 5.87. The summed E-state index contributed by atoms with van der Waals surface area (Å²) in [5.74, 6) is -0.109. The summed E-state index contributed by atoms with van der Waals surface area (Å²) in [6.07, 6.45) is -3.00. The Bertz CT molecular complexity index is 1100. The molecule has 3 heterocycles. The number of nitrogens with one attached hydrogen (secondary N) is 1. The maximum Gasteiger partial charge on any atom is 0.359 e. The van der Waals surface area contributed by atoms with Crippen LogP contribution in [0.2, 0.25) is 0 Å². The number of aliphatic hydroxyl groups excluding tert-OH is 2. The first-order valence-electron chi connectivity index (χ1n) is 11.0. The van der Waals surface area contributed by atoms with Crippen LogP contribution in [0.4, 0.5) is 5.95 Å². The average molecular weight is 488 g/mol. The first-order chi connectivity index (χ1) is 15.3. The van der Waals surface area contributed by atoms with Crippen LogP contribution in [0.5, 0.6) is 0 Å². The number of nitrogens with two attached hydrogens (primary N) is 1. The van der Waals surface area contributed by atoms with Gasteiger partial charge in [-0.15, -0.1) is 0 Å². The van der Waals surface area contributed by atoms with Crippen LogP contribution in [0.15, 0.2) is 17.1 Å². The summed E-state index contributed by atoms with van der Waals surface area (Å²) in [6.45, 7) is 6.52. The molecule has 7 N–H and O–H groups in total. The van der Waals surface area contributed by atoms with Crippen molar-refractivity contribution < 1.29 is 34.0 Å². The molecule has 186 valence electrons. The van der Waals surface area contributed by atoms with Crippen LogP contribution in [-0.2, 0) is 13.8 Å². The quantitative estimate of drug-likeness (QED) is 0.279. The van der Waals surface area contributed by atoms with Gasteiger partial charge in [0.15, 0.2) is 17.2 Å². The minimum absolute atomic E-state index is 0.0242. The fourth-order valence-electron chi connectivity index (χ4n) is 4.10. The maximum absolute atomic E-state index is 12.9. The van der Waals surface area contributed by atoms with E-state index in [1.165, 1.54) is 16.8 Å². The molecular weight excluding hydrogens is 455 g/mol. The summed E-state index contributed by atoms with van der Waals surface area (Å²) in [4.78, 5) is 29.1. The lowest BCUT2D eigenvalue weighted by molar-refractivity contribution is -0.0695. The van der Waals surface area contributed by atoms with E-state index in [-0.39, 0.29) is 42.7 Å². The Morgan fingerprint density at radius 1 is 1.27 bits per heavy atom. The van der Waals surface area contributed by atoms with Crippen molar-refractivity contribution in [2.45, 2.75) is 88.9 Å². The van der Waals surface area contributed by atoms with Crippen LogP contribution in [-0.4, -0.2) is 64.0 Å². The van der Waals surface area contributed by atoms with Crippen molar-refractivity contribution in [3.8, 4) is 0 Å². The third kappa shape index (κ3) is 4.61. The zero-order valence-corrected chi connectivity index (χ0v) is 20.0. The van der Waals surface area contributed by atoms with Crippen molar-refractivity contribution in [1.82, 2.24) is 14.5 Å². The highest BCUT2D eigenvalue weighted by Gasteiger charge is 2.51. The maximum atomic E-state index is 12.9. The number of aromatic nitrogens is 3. The molecule has 13 heteroatoms. The summed E-state index contributed by atoms with van der Waals surface area (Å²) in [7, 11) is -4.46. The van der Waals surface area contributed by atoms with Gasteiger partial charge in [0.05, 0.1) is 17.1 Å². The molecule has 0 radical (unpaired) electrons. The predicted molar refractivity (Wildman–Crippen MR) is 120 cm³/mol. The molecule has 0 spiro atoms. The van der Waals surface area contributed by atoms with Gasteiger partial charge in [-0.05, 0) is 32.3 Å². The molecular formula is C20H33N4O8P. The normalized spacial score (nSPS) is 27.5. The highest BCUT2D eigenvalue weighted by Crippen LogP contribution is 2.60. The topological polar surface area (TPSA) is 193 Å². The van der Waals surface area contributed by atoms with E-state index in [2.05, 4.69) is 9.97 Å². The van der Waals surface area contributed by atoms with E-state index in [1.54, 1.807) is 27.7 Å². The third-order valence-corrected chi connectivity index (χ3v) is 8.97. The Morgan fingerprint density at radius 3 is 2.48 bits per heavy atom. The number of fused-ring (bicyclic) bond motifs is 1. The van der Waals surface area contributed by atoms with Gasteiger partial charge < -0.3 is 39.8 Å². The molecule has 3 unspecified atom stereocenters. The van der Waals surface area contributed by atoms with Crippen molar-refractivity contribution in [3.05, 3.63) is 22.6 Å². The van der Waals surface area contributed by atoms with E-state index in [4.69, 9.17) is 15.0 Å². The summed E-state index contributed by atoms with van der Waals surface area (Å²) < 4.78 is 25.9. The first kappa shape index (κ1) is 25.8. The second-order valence-corrected chi connectivity index (χ2v) is 10.8. The van der Waals surface area contributed by atoms with Crippen molar-refractivity contribution in [2.75, 3.05) is 5.73 Å². The van der Waals surface area contributed by atoms with Crippen molar-refractivity contribution in [3.63, 3.8) is 0 Å². The number of rotatable bonds is 9. The second kappa shape index (κ2) is 9.10. The van der Waals surface area contributed by atoms with Gasteiger partial charge in [0, 0.05) is 12.6 Å². The van der Waals surface area contributed by atoms with Crippen LogP contribution in [0.25, 0.3) is 11.0 Å². The van der Waals surface area contributed by atoms with E-state index < -0.39 is 48.6 Å². The van der Waals surface area contributed by atoms with Crippen molar-refractivity contribution in [1.29, 1.82) is 0 Å². The Labute approximate surface area is 190 Å². The minimum atomic E-state index is -4.46. The number of hydrogen-bond acceptors (Lipinski definition) is 9. The zero-order valence-electron chi connectivity index (χ0n) is 19.1. The van der Waals surface area contributed by atoms with Gasteiger partial charge in [-0.2, -0.15) is 4.98 Å². The monoisotopic (exact) mass is 488 g/mol. The molecule has 2 aromatic rings. The minimum Gasteiger partial charge on any atom is -0.388 e. The van der Waals surface area contributed by atoms with Gasteiger partial charge in [-0.3, -0.25) is 14.3 Å². The molecule has 2 aromatic heterocycles. The van der Waals surface area contributed by atoms with Gasteiger partial charge in [-0.1, -0.05) is 20.8 Å². The lowest BCUT2D eigenvalue weighted by Gasteiger charge is -2.38. The largest absolute Gasteiger partial charge is 0.388 e. The summed E-state index contributed by atoms with van der Waals surface area (Å²) in [5.41, 5.74) is 4.12. The molecule has 1 fully saturated rings. The molecule has 33 heavy (non-hydrogen) atoms. The van der Waals surface area contributed by atoms with E-state index in [1.807, 2.05) is 0 Å². The number of anilines is 1. The Hall–Kier alpha value is -1.79. The molecule has 12 nitrogen and oxygen atoms in total. The Balaban J connectivity index is 1.86. The SMILES string of the molecule is CCC(C)(C[C@H]1OC(n2ccc3c(=O)[nH]c(N)nc32)[C@H](O)[C@@H]1O)OP(=O)(O)C(O)(CC)CC. The van der Waals surface area contributed by atoms with Gasteiger partial charge in [-0.25, -0.2) is 0 Å². The lowest BCUT2D eigenvalue weighted by atomic mass is 9.93. The number of aliphatic hydroxyl groups is 3. The lowest BCUT2D eigenvalue weighted by Crippen LogP contribution is -2.40. The molecule has 0 bridgehead atoms. The molecule has 1 saturated heterocycles. The van der Waals surface area contributed by atoms with E-state index >= 15 is 0 Å². The van der Waals surface area contributed by atoms with Crippen LogP contribution in [0, 0.1) is 0 Å². The van der Waals surface area contributed by atoms with Gasteiger partial charge in [0.1, 0.15) is 12.2 Å². The van der Waals surface area contributed by atoms with E-state index in [0.717, 1.165) is 0 Å². The number of nitrogens with zero attached hydrogens (tertiary/aromatic N) is 2. The van der Waals surface area contributed by atoms with Crippen LogP contribution in [0.1, 0.15) is 59.6 Å². The molecule has 0 aliphatic carbocycles.